The highest BCUT2D eigenvalue weighted by atomic mass is 32.2. The van der Waals surface area contributed by atoms with Crippen molar-refractivity contribution in [2.45, 2.75) is 33.1 Å². The summed E-state index contributed by atoms with van der Waals surface area (Å²) in [5.74, 6) is 2.07. The summed E-state index contributed by atoms with van der Waals surface area (Å²) < 4.78 is 0. The standard InChI is InChI=1S/C12H19N3S/c1-7(2)5-13-11-10-8(3)9(4)16-12(10)15-6-14-11/h6-7,10,12H,5H2,1-4H3,(H,13,14,15)/t10-,12-/m0/s1. The normalized spacial score (nSPS) is 31.2. The van der Waals surface area contributed by atoms with Crippen LogP contribution < -0.4 is 5.32 Å². The average Bonchev–Trinajstić information content (AvgIpc) is 2.52. The van der Waals surface area contributed by atoms with Crippen LogP contribution in [0.2, 0.25) is 0 Å². The highest BCUT2D eigenvalue weighted by molar-refractivity contribution is 8.04. The number of thioether (sulfide) groups is 1. The Morgan fingerprint density at radius 3 is 2.94 bits per heavy atom. The van der Waals surface area contributed by atoms with Crippen molar-refractivity contribution < 1.29 is 0 Å². The lowest BCUT2D eigenvalue weighted by Crippen LogP contribution is -2.39. The Labute approximate surface area is 102 Å². The molecule has 0 saturated heterocycles. The molecule has 2 aliphatic rings. The van der Waals surface area contributed by atoms with Crippen LogP contribution in [0.3, 0.4) is 0 Å². The van der Waals surface area contributed by atoms with Crippen molar-refractivity contribution in [1.29, 1.82) is 0 Å². The molecule has 0 amide bonds. The molecule has 2 rings (SSSR count). The first-order chi connectivity index (χ1) is 7.59. The van der Waals surface area contributed by atoms with Crippen LogP contribution in [-0.2, 0) is 0 Å². The Bertz CT molecular complexity index is 368. The lowest BCUT2D eigenvalue weighted by Gasteiger charge is -2.24. The smallest absolute Gasteiger partial charge is 0.115 e. The van der Waals surface area contributed by atoms with Crippen molar-refractivity contribution >= 4 is 23.9 Å². The fraction of sp³-hybridized carbons (Fsp3) is 0.667. The summed E-state index contributed by atoms with van der Waals surface area (Å²) >= 11 is 1.86. The van der Waals surface area contributed by atoms with Gasteiger partial charge in [-0.15, -0.1) is 11.8 Å². The predicted molar refractivity (Wildman–Crippen MR) is 72.0 cm³/mol. The maximum absolute atomic E-state index is 4.68. The van der Waals surface area contributed by atoms with Crippen LogP contribution in [0.5, 0.6) is 0 Å². The minimum Gasteiger partial charge on any atom is -0.335 e. The van der Waals surface area contributed by atoms with Gasteiger partial charge >= 0.3 is 0 Å². The SMILES string of the molecule is CC1=C(C)[C@H]2C(=NCC(C)C)NC=N[C@H]2S1. The number of rotatable bonds is 2. The second-order valence-electron chi connectivity index (χ2n) is 4.77. The Morgan fingerprint density at radius 1 is 1.50 bits per heavy atom. The van der Waals surface area contributed by atoms with Gasteiger partial charge in [0.25, 0.3) is 0 Å². The molecule has 0 unspecified atom stereocenters. The van der Waals surface area contributed by atoms with E-state index in [0.717, 1.165) is 12.4 Å². The van der Waals surface area contributed by atoms with Gasteiger partial charge in [-0.05, 0) is 24.7 Å². The molecule has 0 aromatic heterocycles. The second kappa shape index (κ2) is 4.62. The van der Waals surface area contributed by atoms with Crippen molar-refractivity contribution in [2.75, 3.05) is 6.54 Å². The van der Waals surface area contributed by atoms with E-state index in [1.54, 1.807) is 6.34 Å². The van der Waals surface area contributed by atoms with Gasteiger partial charge in [0.2, 0.25) is 0 Å². The zero-order valence-electron chi connectivity index (χ0n) is 10.3. The number of amidine groups is 1. The molecule has 0 aromatic carbocycles. The van der Waals surface area contributed by atoms with Gasteiger partial charge in [-0.25, -0.2) is 0 Å². The van der Waals surface area contributed by atoms with Crippen molar-refractivity contribution in [2.24, 2.45) is 21.8 Å². The molecule has 0 aliphatic carbocycles. The first kappa shape index (κ1) is 11.7. The molecular weight excluding hydrogens is 218 g/mol. The number of fused-ring (bicyclic) bond motifs is 1. The van der Waals surface area contributed by atoms with Gasteiger partial charge in [0.15, 0.2) is 0 Å². The number of hydrogen-bond acceptors (Lipinski definition) is 3. The average molecular weight is 237 g/mol. The van der Waals surface area contributed by atoms with E-state index in [0.29, 0.717) is 17.2 Å². The number of nitrogens with one attached hydrogen (secondary N) is 1. The summed E-state index contributed by atoms with van der Waals surface area (Å²) in [6, 6.07) is 0. The summed E-state index contributed by atoms with van der Waals surface area (Å²) in [6.07, 6.45) is 1.79. The molecule has 0 spiro atoms. The highest BCUT2D eigenvalue weighted by Crippen LogP contribution is 2.43. The topological polar surface area (TPSA) is 36.8 Å². The monoisotopic (exact) mass is 237 g/mol. The molecule has 0 fully saturated rings. The van der Waals surface area contributed by atoms with E-state index < -0.39 is 0 Å². The Morgan fingerprint density at radius 2 is 2.25 bits per heavy atom. The van der Waals surface area contributed by atoms with Crippen LogP contribution in [0.4, 0.5) is 0 Å². The third-order valence-corrected chi connectivity index (χ3v) is 4.27. The van der Waals surface area contributed by atoms with Gasteiger partial charge in [0.1, 0.15) is 11.2 Å². The molecule has 0 radical (unpaired) electrons. The van der Waals surface area contributed by atoms with Crippen LogP contribution in [0.1, 0.15) is 27.7 Å². The van der Waals surface area contributed by atoms with E-state index in [4.69, 9.17) is 0 Å². The van der Waals surface area contributed by atoms with Crippen molar-refractivity contribution in [1.82, 2.24) is 5.32 Å². The lowest BCUT2D eigenvalue weighted by molar-refractivity contribution is 0.652. The Hall–Kier alpha value is -0.770. The quantitative estimate of drug-likeness (QED) is 0.801. The fourth-order valence-electron chi connectivity index (χ4n) is 1.92. The summed E-state index contributed by atoms with van der Waals surface area (Å²) in [7, 11) is 0. The van der Waals surface area contributed by atoms with Crippen LogP contribution in [0.25, 0.3) is 0 Å². The third-order valence-electron chi connectivity index (χ3n) is 2.96. The fourth-order valence-corrected chi connectivity index (χ4v) is 3.19. The molecule has 3 nitrogen and oxygen atoms in total. The summed E-state index contributed by atoms with van der Waals surface area (Å²) in [5.41, 5.74) is 1.42. The molecule has 2 aliphatic heterocycles. The van der Waals surface area contributed by atoms with Crippen LogP contribution >= 0.6 is 11.8 Å². The molecule has 16 heavy (non-hydrogen) atoms. The molecule has 0 saturated carbocycles. The van der Waals surface area contributed by atoms with E-state index in [-0.39, 0.29) is 0 Å². The Kier molecular flexibility index (Phi) is 3.38. The van der Waals surface area contributed by atoms with Gasteiger partial charge in [0, 0.05) is 6.54 Å². The number of hydrogen-bond donors (Lipinski definition) is 1. The maximum atomic E-state index is 4.68. The lowest BCUT2D eigenvalue weighted by atomic mass is 9.98. The molecule has 1 N–H and O–H groups in total. The van der Waals surface area contributed by atoms with Gasteiger partial charge in [0.05, 0.1) is 12.3 Å². The summed E-state index contributed by atoms with van der Waals surface area (Å²) in [5, 5.41) is 3.52. The molecule has 88 valence electrons. The number of allylic oxidation sites excluding steroid dienone is 1. The van der Waals surface area contributed by atoms with Crippen molar-refractivity contribution in [3.8, 4) is 0 Å². The van der Waals surface area contributed by atoms with Gasteiger partial charge in [-0.1, -0.05) is 19.4 Å². The molecule has 2 heterocycles. The van der Waals surface area contributed by atoms with Crippen LogP contribution in [0, 0.1) is 11.8 Å². The van der Waals surface area contributed by atoms with E-state index in [1.807, 2.05) is 11.8 Å². The third kappa shape index (κ3) is 2.17. The van der Waals surface area contributed by atoms with E-state index in [1.165, 1.54) is 10.5 Å². The summed E-state index contributed by atoms with van der Waals surface area (Å²) in [4.78, 5) is 10.5. The maximum Gasteiger partial charge on any atom is 0.115 e. The van der Waals surface area contributed by atoms with Crippen LogP contribution in [0.15, 0.2) is 20.5 Å². The van der Waals surface area contributed by atoms with Gasteiger partial charge < -0.3 is 5.32 Å². The minimum absolute atomic E-state index is 0.312. The zero-order chi connectivity index (χ0) is 11.7. The van der Waals surface area contributed by atoms with E-state index >= 15 is 0 Å². The predicted octanol–water partition coefficient (Wildman–Crippen LogP) is 2.66. The summed E-state index contributed by atoms with van der Waals surface area (Å²) in [6.45, 7) is 9.64. The minimum atomic E-state index is 0.312. The molecule has 0 bridgehead atoms. The number of nitrogens with zero attached hydrogens (tertiary/aromatic N) is 2. The molecular formula is C12H19N3S. The zero-order valence-corrected chi connectivity index (χ0v) is 11.1. The van der Waals surface area contributed by atoms with E-state index in [9.17, 15) is 0 Å². The van der Waals surface area contributed by atoms with Crippen molar-refractivity contribution in [3.05, 3.63) is 10.5 Å². The first-order valence-electron chi connectivity index (χ1n) is 5.76. The van der Waals surface area contributed by atoms with Gasteiger partial charge in [-0.3, -0.25) is 9.98 Å². The van der Waals surface area contributed by atoms with Crippen LogP contribution in [-0.4, -0.2) is 24.1 Å². The van der Waals surface area contributed by atoms with E-state index in [2.05, 4.69) is 43.0 Å². The van der Waals surface area contributed by atoms with Gasteiger partial charge in [-0.2, -0.15) is 0 Å². The highest BCUT2D eigenvalue weighted by Gasteiger charge is 2.36. The molecule has 4 heteroatoms. The van der Waals surface area contributed by atoms with Crippen molar-refractivity contribution in [3.63, 3.8) is 0 Å². The first-order valence-corrected chi connectivity index (χ1v) is 6.64. The number of aliphatic imine (C=N–C) groups is 2. The molecule has 0 aromatic rings. The Balaban J connectivity index is 2.21. The molecule has 2 atom stereocenters. The second-order valence-corrected chi connectivity index (χ2v) is 6.10. The largest absolute Gasteiger partial charge is 0.335 e.